The number of aryl methyl sites for hydroxylation is 1. The molecular formula is C19H24N4O3S. The average molecular weight is 388 g/mol. The number of urea groups is 1. The van der Waals surface area contributed by atoms with E-state index in [1.54, 1.807) is 6.07 Å². The smallest absolute Gasteiger partial charge is 0.328 e. The number of amides is 2. The van der Waals surface area contributed by atoms with Crippen LogP contribution in [0.4, 0.5) is 16.2 Å². The van der Waals surface area contributed by atoms with Gasteiger partial charge in [-0.3, -0.25) is 4.98 Å². The Bertz CT molecular complexity index is 909. The second-order valence-electron chi connectivity index (χ2n) is 6.78. The van der Waals surface area contributed by atoms with Gasteiger partial charge in [0.05, 0.1) is 5.69 Å². The minimum absolute atomic E-state index is 0.0211. The standard InChI is InChI=1S/C19H24N4O3S/c1-14-6-5-9-16(12-14)21-17-10-11-20-13-18(17)27(25,26)23-19(24)22-15-7-3-2-4-8-15/h5-6,9-13,15H,2-4,7-8H2,1H3,(H,20,21)(H2,22,23,24). The maximum atomic E-state index is 12.7. The zero-order valence-electron chi connectivity index (χ0n) is 15.2. The van der Waals surface area contributed by atoms with E-state index in [0.717, 1.165) is 43.4 Å². The number of rotatable bonds is 5. The van der Waals surface area contributed by atoms with Gasteiger partial charge in [-0.05, 0) is 43.5 Å². The molecule has 1 aromatic heterocycles. The topological polar surface area (TPSA) is 100 Å². The number of aromatic nitrogens is 1. The second-order valence-corrected chi connectivity index (χ2v) is 8.43. The Morgan fingerprint density at radius 1 is 1.15 bits per heavy atom. The van der Waals surface area contributed by atoms with Crippen molar-refractivity contribution in [1.82, 2.24) is 15.0 Å². The number of anilines is 2. The predicted molar refractivity (Wildman–Crippen MR) is 104 cm³/mol. The van der Waals surface area contributed by atoms with Gasteiger partial charge < -0.3 is 10.6 Å². The van der Waals surface area contributed by atoms with Gasteiger partial charge in [-0.15, -0.1) is 0 Å². The number of carbonyl (C=O) groups is 1. The molecular weight excluding hydrogens is 364 g/mol. The summed E-state index contributed by atoms with van der Waals surface area (Å²) in [6, 6.07) is 8.46. The van der Waals surface area contributed by atoms with Crippen LogP contribution in [-0.4, -0.2) is 25.5 Å². The first-order valence-corrected chi connectivity index (χ1v) is 10.5. The first-order chi connectivity index (χ1) is 12.9. The van der Waals surface area contributed by atoms with Crippen molar-refractivity contribution in [3.05, 3.63) is 48.3 Å². The lowest BCUT2D eigenvalue weighted by Gasteiger charge is -2.23. The molecule has 27 heavy (non-hydrogen) atoms. The number of benzene rings is 1. The van der Waals surface area contributed by atoms with Gasteiger partial charge in [0.25, 0.3) is 10.0 Å². The van der Waals surface area contributed by atoms with Crippen LogP contribution < -0.4 is 15.4 Å². The summed E-state index contributed by atoms with van der Waals surface area (Å²) >= 11 is 0. The Morgan fingerprint density at radius 3 is 2.67 bits per heavy atom. The molecule has 8 heteroatoms. The average Bonchev–Trinajstić information content (AvgIpc) is 2.62. The van der Waals surface area contributed by atoms with Gasteiger partial charge >= 0.3 is 6.03 Å². The monoisotopic (exact) mass is 388 g/mol. The summed E-state index contributed by atoms with van der Waals surface area (Å²) in [7, 11) is -4.06. The van der Waals surface area contributed by atoms with Crippen molar-refractivity contribution >= 4 is 27.4 Å². The van der Waals surface area contributed by atoms with Gasteiger partial charge in [0.2, 0.25) is 0 Å². The van der Waals surface area contributed by atoms with Crippen molar-refractivity contribution < 1.29 is 13.2 Å². The van der Waals surface area contributed by atoms with Gasteiger partial charge in [-0.25, -0.2) is 17.9 Å². The summed E-state index contributed by atoms with van der Waals surface area (Å²) in [6.45, 7) is 1.95. The minimum Gasteiger partial charge on any atom is -0.354 e. The van der Waals surface area contributed by atoms with E-state index >= 15 is 0 Å². The molecule has 2 aromatic rings. The second kappa shape index (κ2) is 8.39. The van der Waals surface area contributed by atoms with E-state index in [9.17, 15) is 13.2 Å². The predicted octanol–water partition coefficient (Wildman–Crippen LogP) is 3.45. The number of carbonyl (C=O) groups excluding carboxylic acids is 1. The molecule has 0 unspecified atom stereocenters. The van der Waals surface area contributed by atoms with E-state index in [1.807, 2.05) is 31.2 Å². The fourth-order valence-corrected chi connectivity index (χ4v) is 4.24. The van der Waals surface area contributed by atoms with Crippen molar-refractivity contribution in [2.45, 2.75) is 50.0 Å². The Hall–Kier alpha value is -2.61. The molecule has 1 heterocycles. The van der Waals surface area contributed by atoms with Gasteiger partial charge in [0, 0.05) is 24.1 Å². The van der Waals surface area contributed by atoms with Crippen LogP contribution in [0.3, 0.4) is 0 Å². The first-order valence-electron chi connectivity index (χ1n) is 9.05. The highest BCUT2D eigenvalue weighted by Gasteiger charge is 2.24. The molecule has 2 amide bonds. The number of sulfonamides is 1. The van der Waals surface area contributed by atoms with Crippen LogP contribution in [0.25, 0.3) is 0 Å². The fraction of sp³-hybridized carbons (Fsp3) is 0.368. The third-order valence-electron chi connectivity index (χ3n) is 4.54. The molecule has 1 aliphatic rings. The molecule has 0 radical (unpaired) electrons. The molecule has 1 aliphatic carbocycles. The summed E-state index contributed by atoms with van der Waals surface area (Å²) in [5, 5.41) is 5.83. The lowest BCUT2D eigenvalue weighted by atomic mass is 9.96. The molecule has 3 N–H and O–H groups in total. The highest BCUT2D eigenvalue weighted by atomic mass is 32.2. The number of hydrogen-bond donors (Lipinski definition) is 3. The van der Waals surface area contributed by atoms with Crippen LogP contribution in [0, 0.1) is 6.92 Å². The number of nitrogens with one attached hydrogen (secondary N) is 3. The van der Waals surface area contributed by atoms with E-state index in [2.05, 4.69) is 20.3 Å². The van der Waals surface area contributed by atoms with Crippen LogP contribution in [-0.2, 0) is 10.0 Å². The number of hydrogen-bond acceptors (Lipinski definition) is 5. The van der Waals surface area contributed by atoms with Crippen molar-refractivity contribution in [2.24, 2.45) is 0 Å². The molecule has 1 aromatic carbocycles. The van der Waals surface area contributed by atoms with Crippen molar-refractivity contribution in [1.29, 1.82) is 0 Å². The van der Waals surface area contributed by atoms with Crippen LogP contribution in [0.5, 0.6) is 0 Å². The number of pyridine rings is 1. The zero-order valence-corrected chi connectivity index (χ0v) is 16.1. The molecule has 3 rings (SSSR count). The zero-order chi connectivity index (χ0) is 19.3. The Morgan fingerprint density at radius 2 is 1.93 bits per heavy atom. The lowest BCUT2D eigenvalue weighted by Crippen LogP contribution is -2.45. The minimum atomic E-state index is -4.06. The highest BCUT2D eigenvalue weighted by Crippen LogP contribution is 2.24. The summed E-state index contributed by atoms with van der Waals surface area (Å²) < 4.78 is 27.5. The summed E-state index contributed by atoms with van der Waals surface area (Å²) in [5.74, 6) is 0. The molecule has 7 nitrogen and oxygen atoms in total. The van der Waals surface area contributed by atoms with Gasteiger partial charge in [0.15, 0.2) is 0 Å². The third kappa shape index (κ3) is 5.19. The fourth-order valence-electron chi connectivity index (χ4n) is 3.21. The van der Waals surface area contributed by atoms with Gasteiger partial charge in [-0.2, -0.15) is 0 Å². The Labute approximate surface area is 159 Å². The molecule has 0 spiro atoms. The number of nitrogens with zero attached hydrogens (tertiary/aromatic N) is 1. The SMILES string of the molecule is Cc1cccc(Nc2ccncc2S(=O)(=O)NC(=O)NC2CCCCC2)c1. The molecule has 1 saturated carbocycles. The van der Waals surface area contributed by atoms with Gasteiger partial charge in [0.1, 0.15) is 4.90 Å². The van der Waals surface area contributed by atoms with E-state index in [0.29, 0.717) is 5.69 Å². The van der Waals surface area contributed by atoms with E-state index in [1.165, 1.54) is 12.4 Å². The van der Waals surface area contributed by atoms with Crippen LogP contribution in [0.1, 0.15) is 37.7 Å². The quantitative estimate of drug-likeness (QED) is 0.728. The van der Waals surface area contributed by atoms with Crippen molar-refractivity contribution in [3.8, 4) is 0 Å². The van der Waals surface area contributed by atoms with Crippen molar-refractivity contribution in [3.63, 3.8) is 0 Å². The summed E-state index contributed by atoms with van der Waals surface area (Å²) in [5.41, 5.74) is 2.15. The molecule has 0 atom stereocenters. The normalized spacial score (nSPS) is 15.1. The molecule has 0 aliphatic heterocycles. The Kier molecular flexibility index (Phi) is 5.95. The van der Waals surface area contributed by atoms with Crippen LogP contribution in [0.15, 0.2) is 47.6 Å². The maximum Gasteiger partial charge on any atom is 0.328 e. The summed E-state index contributed by atoms with van der Waals surface area (Å²) in [4.78, 5) is 16.0. The lowest BCUT2D eigenvalue weighted by molar-refractivity contribution is 0.237. The third-order valence-corrected chi connectivity index (χ3v) is 5.90. The van der Waals surface area contributed by atoms with E-state index < -0.39 is 16.1 Å². The van der Waals surface area contributed by atoms with Crippen molar-refractivity contribution in [2.75, 3.05) is 5.32 Å². The molecule has 144 valence electrons. The first kappa shape index (κ1) is 19.2. The molecule has 0 saturated heterocycles. The molecule has 0 bridgehead atoms. The summed E-state index contributed by atoms with van der Waals surface area (Å²) in [6.07, 6.45) is 7.73. The molecule has 1 fully saturated rings. The van der Waals surface area contributed by atoms with Crippen LogP contribution in [0.2, 0.25) is 0 Å². The highest BCUT2D eigenvalue weighted by molar-refractivity contribution is 7.90. The van der Waals surface area contributed by atoms with Crippen LogP contribution >= 0.6 is 0 Å². The van der Waals surface area contributed by atoms with E-state index in [4.69, 9.17) is 0 Å². The Balaban J connectivity index is 1.75. The largest absolute Gasteiger partial charge is 0.354 e. The maximum absolute atomic E-state index is 12.7. The van der Waals surface area contributed by atoms with Gasteiger partial charge in [-0.1, -0.05) is 31.4 Å². The van der Waals surface area contributed by atoms with E-state index in [-0.39, 0.29) is 10.9 Å².